The topological polar surface area (TPSA) is 59.6 Å². The van der Waals surface area contributed by atoms with Gasteiger partial charge in [-0.25, -0.2) is 4.39 Å². The lowest BCUT2D eigenvalue weighted by Gasteiger charge is -2.27. The van der Waals surface area contributed by atoms with E-state index in [2.05, 4.69) is 31.4 Å². The van der Waals surface area contributed by atoms with Crippen LogP contribution in [-0.2, 0) is 16.6 Å². The van der Waals surface area contributed by atoms with Crippen molar-refractivity contribution in [1.82, 2.24) is 0 Å². The highest BCUT2D eigenvalue weighted by atomic mass is 19.1. The van der Waals surface area contributed by atoms with E-state index in [1.54, 1.807) is 0 Å². The van der Waals surface area contributed by atoms with Crippen molar-refractivity contribution in [3.63, 3.8) is 0 Å². The fraction of sp³-hybridized carbons (Fsp3) is 0.435. The van der Waals surface area contributed by atoms with Crippen molar-refractivity contribution in [1.29, 1.82) is 0 Å². The molecule has 1 fully saturated rings. The van der Waals surface area contributed by atoms with Crippen molar-refractivity contribution in [3.05, 3.63) is 47.3 Å². The van der Waals surface area contributed by atoms with Crippen molar-refractivity contribution in [2.75, 3.05) is 17.4 Å². The van der Waals surface area contributed by atoms with E-state index >= 15 is 0 Å². The molecule has 1 saturated carbocycles. The predicted octanol–water partition coefficient (Wildman–Crippen LogP) is 4.61. The fourth-order valence-electron chi connectivity index (χ4n) is 4.24. The first kappa shape index (κ1) is 18.3. The molecular formula is C23H25FN2O3. The van der Waals surface area contributed by atoms with Crippen LogP contribution in [0.2, 0.25) is 0 Å². The third-order valence-electron chi connectivity index (χ3n) is 6.33. The minimum absolute atomic E-state index is 0.0201. The standard InChI is InChI=1S/C23H25FN2O3/c1-22(2,3)19-9-13-8-15(11-16(24)20(13)26-19)25-21(27)23(6-7-23)14-4-5-17-18(10-14)29-12-28-17/h4-5,8,10-11,19,26H,6-7,9,12H2,1-3H3,(H,25,27). The zero-order valence-electron chi connectivity index (χ0n) is 16.9. The minimum atomic E-state index is -0.581. The molecule has 2 aliphatic heterocycles. The highest BCUT2D eigenvalue weighted by molar-refractivity contribution is 6.01. The zero-order chi connectivity index (χ0) is 20.4. The lowest BCUT2D eigenvalue weighted by molar-refractivity contribution is -0.118. The van der Waals surface area contributed by atoms with Crippen LogP contribution in [0, 0.1) is 11.2 Å². The number of nitrogens with one attached hydrogen (secondary N) is 2. The molecule has 3 aliphatic rings. The lowest BCUT2D eigenvalue weighted by Crippen LogP contribution is -2.31. The van der Waals surface area contributed by atoms with E-state index in [-0.39, 0.29) is 30.0 Å². The summed E-state index contributed by atoms with van der Waals surface area (Å²) in [6.45, 7) is 6.62. The van der Waals surface area contributed by atoms with Gasteiger partial charge in [0.05, 0.1) is 11.1 Å². The summed E-state index contributed by atoms with van der Waals surface area (Å²) in [5.74, 6) is 0.947. The van der Waals surface area contributed by atoms with Gasteiger partial charge >= 0.3 is 0 Å². The molecule has 1 aliphatic carbocycles. The van der Waals surface area contributed by atoms with Gasteiger partial charge in [-0.15, -0.1) is 0 Å². The van der Waals surface area contributed by atoms with E-state index in [0.29, 0.717) is 22.9 Å². The van der Waals surface area contributed by atoms with Crippen molar-refractivity contribution >= 4 is 17.3 Å². The number of halogens is 1. The van der Waals surface area contributed by atoms with Crippen LogP contribution in [0.25, 0.3) is 0 Å². The molecule has 29 heavy (non-hydrogen) atoms. The highest BCUT2D eigenvalue weighted by Crippen LogP contribution is 2.51. The molecule has 5 nitrogen and oxygen atoms in total. The predicted molar refractivity (Wildman–Crippen MR) is 109 cm³/mol. The van der Waals surface area contributed by atoms with Crippen molar-refractivity contribution in [2.24, 2.45) is 5.41 Å². The average Bonchev–Trinajstić information content (AvgIpc) is 3.12. The van der Waals surface area contributed by atoms with Crippen LogP contribution < -0.4 is 20.1 Å². The number of benzene rings is 2. The molecule has 0 spiro atoms. The molecule has 0 radical (unpaired) electrons. The van der Waals surface area contributed by atoms with Gasteiger partial charge in [0.15, 0.2) is 11.5 Å². The summed E-state index contributed by atoms with van der Waals surface area (Å²) in [6, 6.07) is 9.12. The van der Waals surface area contributed by atoms with Gasteiger partial charge in [0.1, 0.15) is 5.82 Å². The number of anilines is 2. The molecule has 152 valence electrons. The van der Waals surface area contributed by atoms with Gasteiger partial charge < -0.3 is 20.1 Å². The summed E-state index contributed by atoms with van der Waals surface area (Å²) in [4.78, 5) is 13.1. The Balaban J connectivity index is 1.38. The number of ether oxygens (including phenoxy) is 2. The summed E-state index contributed by atoms with van der Waals surface area (Å²) >= 11 is 0. The van der Waals surface area contributed by atoms with E-state index in [4.69, 9.17) is 9.47 Å². The first-order valence-electron chi connectivity index (χ1n) is 10.1. The van der Waals surface area contributed by atoms with E-state index in [1.165, 1.54) is 6.07 Å². The molecule has 0 bridgehead atoms. The molecule has 1 atom stereocenters. The van der Waals surface area contributed by atoms with Crippen LogP contribution in [0.3, 0.4) is 0 Å². The Morgan fingerprint density at radius 1 is 1.17 bits per heavy atom. The van der Waals surface area contributed by atoms with E-state index in [1.807, 2.05) is 24.3 Å². The van der Waals surface area contributed by atoms with Crippen LogP contribution in [-0.4, -0.2) is 18.7 Å². The Bertz CT molecular complexity index is 1010. The Kier molecular flexibility index (Phi) is 3.86. The SMILES string of the molecule is CC(C)(C)C1Cc2cc(NC(=O)C3(c4ccc5c(c4)OCO5)CC3)cc(F)c2N1. The number of hydrogen-bond donors (Lipinski definition) is 2. The third kappa shape index (κ3) is 3.02. The first-order chi connectivity index (χ1) is 13.8. The summed E-state index contributed by atoms with van der Waals surface area (Å²) in [6.07, 6.45) is 2.27. The summed E-state index contributed by atoms with van der Waals surface area (Å²) < 4.78 is 25.5. The van der Waals surface area contributed by atoms with Crippen LogP contribution in [0.4, 0.5) is 15.8 Å². The Morgan fingerprint density at radius 3 is 2.66 bits per heavy atom. The number of hydrogen-bond acceptors (Lipinski definition) is 4. The van der Waals surface area contributed by atoms with E-state index < -0.39 is 5.41 Å². The number of fused-ring (bicyclic) bond motifs is 2. The molecule has 0 aromatic heterocycles. The molecule has 2 aromatic rings. The second-order valence-electron chi connectivity index (χ2n) is 9.36. The molecule has 2 heterocycles. The van der Waals surface area contributed by atoms with E-state index in [9.17, 15) is 9.18 Å². The second-order valence-corrected chi connectivity index (χ2v) is 9.36. The molecule has 0 saturated heterocycles. The maximum atomic E-state index is 14.7. The summed E-state index contributed by atoms with van der Waals surface area (Å²) in [5, 5.41) is 6.26. The molecule has 1 amide bonds. The van der Waals surface area contributed by atoms with Crippen LogP contribution in [0.5, 0.6) is 11.5 Å². The smallest absolute Gasteiger partial charge is 0.235 e. The number of carbonyl (C=O) groups excluding carboxylic acids is 1. The largest absolute Gasteiger partial charge is 0.454 e. The van der Waals surface area contributed by atoms with Gasteiger partial charge in [-0.05, 0) is 60.1 Å². The van der Waals surface area contributed by atoms with Gasteiger partial charge in [0.25, 0.3) is 0 Å². The molecule has 2 N–H and O–H groups in total. The number of amides is 1. The van der Waals surface area contributed by atoms with Gasteiger partial charge in [-0.1, -0.05) is 26.8 Å². The van der Waals surface area contributed by atoms with Crippen molar-refractivity contribution in [3.8, 4) is 11.5 Å². The molecule has 2 aromatic carbocycles. The quantitative estimate of drug-likeness (QED) is 0.796. The minimum Gasteiger partial charge on any atom is -0.454 e. The molecule has 1 unspecified atom stereocenters. The molecule has 5 rings (SSSR count). The van der Waals surface area contributed by atoms with Gasteiger partial charge in [0.2, 0.25) is 12.7 Å². The second kappa shape index (κ2) is 6.12. The van der Waals surface area contributed by atoms with Gasteiger partial charge in [-0.3, -0.25) is 4.79 Å². The fourth-order valence-corrected chi connectivity index (χ4v) is 4.24. The average molecular weight is 396 g/mol. The molecular weight excluding hydrogens is 371 g/mol. The maximum Gasteiger partial charge on any atom is 0.235 e. The lowest BCUT2D eigenvalue weighted by atomic mass is 9.85. The Hall–Kier alpha value is -2.76. The number of rotatable bonds is 3. The summed E-state index contributed by atoms with van der Waals surface area (Å²) in [5.41, 5.74) is 2.33. The van der Waals surface area contributed by atoms with Crippen molar-refractivity contribution < 1.29 is 18.7 Å². The monoisotopic (exact) mass is 396 g/mol. The van der Waals surface area contributed by atoms with Gasteiger partial charge in [-0.2, -0.15) is 0 Å². The normalized spacial score (nSPS) is 20.8. The Morgan fingerprint density at radius 2 is 1.93 bits per heavy atom. The van der Waals surface area contributed by atoms with Crippen LogP contribution in [0.1, 0.15) is 44.7 Å². The molecule has 6 heteroatoms. The zero-order valence-corrected chi connectivity index (χ0v) is 16.9. The van der Waals surface area contributed by atoms with Crippen molar-refractivity contribution in [2.45, 2.75) is 51.5 Å². The van der Waals surface area contributed by atoms with E-state index in [0.717, 1.165) is 30.4 Å². The van der Waals surface area contributed by atoms with Crippen LogP contribution >= 0.6 is 0 Å². The highest BCUT2D eigenvalue weighted by Gasteiger charge is 2.51. The number of carbonyl (C=O) groups is 1. The van der Waals surface area contributed by atoms with Crippen LogP contribution in [0.15, 0.2) is 30.3 Å². The third-order valence-corrected chi connectivity index (χ3v) is 6.33. The first-order valence-corrected chi connectivity index (χ1v) is 10.1. The Labute approximate surface area is 169 Å². The summed E-state index contributed by atoms with van der Waals surface area (Å²) in [7, 11) is 0. The van der Waals surface area contributed by atoms with Gasteiger partial charge in [0, 0.05) is 11.7 Å². The maximum absolute atomic E-state index is 14.7.